The second-order valence-electron chi connectivity index (χ2n) is 8.64. The van der Waals surface area contributed by atoms with E-state index in [2.05, 4.69) is 11.2 Å². The van der Waals surface area contributed by atoms with Crippen molar-refractivity contribution in [3.8, 4) is 11.3 Å². The smallest absolute Gasteiger partial charge is 0.388 e. The second-order valence-corrected chi connectivity index (χ2v) is 9.04. The topological polar surface area (TPSA) is 101 Å². The van der Waals surface area contributed by atoms with Gasteiger partial charge in [0, 0.05) is 18.5 Å². The molecule has 1 atom stereocenters. The van der Waals surface area contributed by atoms with Crippen LogP contribution < -0.4 is 35.3 Å². The van der Waals surface area contributed by atoms with Crippen molar-refractivity contribution < 1.29 is 48.6 Å². The number of nitrogens with zero attached hydrogens (tertiary/aromatic N) is 3. The van der Waals surface area contributed by atoms with Crippen molar-refractivity contribution in [3.63, 3.8) is 0 Å². The van der Waals surface area contributed by atoms with Crippen molar-refractivity contribution in [1.82, 2.24) is 14.7 Å². The number of benzene rings is 2. The molecule has 0 spiro atoms. The van der Waals surface area contributed by atoms with Gasteiger partial charge >= 0.3 is 29.6 Å². The molecule has 0 saturated carbocycles. The zero-order chi connectivity index (χ0) is 23.9. The monoisotopic (exact) mass is 492 g/mol. The van der Waals surface area contributed by atoms with Crippen molar-refractivity contribution >= 4 is 23.4 Å². The van der Waals surface area contributed by atoms with Crippen molar-refractivity contribution in [2.75, 3.05) is 6.54 Å². The Labute approximate surface area is 224 Å². The first-order valence-corrected chi connectivity index (χ1v) is 10.8. The number of carbonyl (C=O) groups is 2. The minimum atomic E-state index is -1.27. The number of amides is 2. The Balaban J connectivity index is 0.00000324. The van der Waals surface area contributed by atoms with Gasteiger partial charge in [-0.1, -0.05) is 11.6 Å². The van der Waals surface area contributed by atoms with Crippen LogP contribution in [0.1, 0.15) is 41.5 Å². The number of hydrogen-bond donors (Lipinski definition) is 2. The van der Waals surface area contributed by atoms with Crippen LogP contribution in [0, 0.1) is 11.9 Å². The van der Waals surface area contributed by atoms with Crippen molar-refractivity contribution in [1.29, 1.82) is 0 Å². The van der Waals surface area contributed by atoms with Gasteiger partial charge in [0.1, 0.15) is 11.5 Å². The quantitative estimate of drug-likeness (QED) is 0.391. The molecule has 0 bridgehead atoms. The van der Waals surface area contributed by atoms with Gasteiger partial charge in [-0.2, -0.15) is 35.4 Å². The predicted octanol–water partition coefficient (Wildman–Crippen LogP) is 0.143. The summed E-state index contributed by atoms with van der Waals surface area (Å²) in [6.45, 7) is 3.51. The van der Waals surface area contributed by atoms with E-state index < -0.39 is 23.4 Å². The normalized spacial score (nSPS) is 15.4. The molecule has 1 aliphatic heterocycles. The summed E-state index contributed by atoms with van der Waals surface area (Å²) in [6.07, 6.45) is 0.160. The number of nitrogens with two attached hydrogens (primary N) is 1. The van der Waals surface area contributed by atoms with Crippen LogP contribution in [0.2, 0.25) is 5.02 Å². The molecule has 2 aromatic carbocycles. The fourth-order valence-corrected chi connectivity index (χ4v) is 4.23. The Bertz CT molecular complexity index is 1230. The third kappa shape index (κ3) is 5.21. The van der Waals surface area contributed by atoms with Gasteiger partial charge < -0.3 is 15.7 Å². The summed E-state index contributed by atoms with van der Waals surface area (Å²) in [6, 6.07) is 13.4. The van der Waals surface area contributed by atoms with E-state index in [-0.39, 0.29) is 71.3 Å². The van der Waals surface area contributed by atoms with E-state index >= 15 is 0 Å². The standard InChI is InChI=1S/C24H23ClFN4O3.Na/c1-24(2,33)19-13-29(20(31)10-14-6-4-3-5-7-14)12-18-21(23(27)32)22(28-30(18)19)15-8-9-17(26)16(25)11-15;/h4-9,11,19,33H,10,12-13H2,1-2H3,(H2,27,32);/q-1;+1. The maximum Gasteiger partial charge on any atom is 1.00 e. The maximum atomic E-state index is 13.7. The van der Waals surface area contributed by atoms with Crippen LogP contribution in [0.5, 0.6) is 0 Å². The van der Waals surface area contributed by atoms with Gasteiger partial charge in [0.05, 0.1) is 34.5 Å². The van der Waals surface area contributed by atoms with Crippen LogP contribution >= 0.6 is 11.6 Å². The fraction of sp³-hybridized carbons (Fsp3) is 0.292. The van der Waals surface area contributed by atoms with Gasteiger partial charge in [0.15, 0.2) is 0 Å². The van der Waals surface area contributed by atoms with Gasteiger partial charge in [-0.15, -0.1) is 5.56 Å². The number of primary amides is 1. The predicted molar refractivity (Wildman–Crippen MR) is 121 cm³/mol. The summed E-state index contributed by atoms with van der Waals surface area (Å²) in [5.41, 5.74) is 6.43. The first-order valence-electron chi connectivity index (χ1n) is 10.4. The first kappa shape index (κ1) is 26.4. The third-order valence-corrected chi connectivity index (χ3v) is 6.08. The fourth-order valence-electron chi connectivity index (χ4n) is 4.05. The number of fused-ring (bicyclic) bond motifs is 1. The van der Waals surface area contributed by atoms with E-state index in [1.807, 2.05) is 12.1 Å². The molecular formula is C24H23ClFN4NaO3. The largest absolute Gasteiger partial charge is 1.00 e. The summed E-state index contributed by atoms with van der Waals surface area (Å²) in [5.74, 6) is -1.51. The molecule has 1 aromatic heterocycles. The van der Waals surface area contributed by atoms with Crippen molar-refractivity contribution in [3.05, 3.63) is 76.2 Å². The minimum absolute atomic E-state index is 0. The summed E-state index contributed by atoms with van der Waals surface area (Å²) in [5, 5.41) is 15.3. The van der Waals surface area contributed by atoms with Crippen LogP contribution in [-0.4, -0.2) is 43.7 Å². The van der Waals surface area contributed by atoms with E-state index in [0.717, 1.165) is 5.56 Å². The molecule has 1 aliphatic rings. The number of carbonyl (C=O) groups excluding carboxylic acids is 2. The van der Waals surface area contributed by atoms with E-state index in [1.165, 1.54) is 18.2 Å². The Kier molecular flexibility index (Phi) is 7.89. The van der Waals surface area contributed by atoms with E-state index in [0.29, 0.717) is 11.3 Å². The van der Waals surface area contributed by atoms with E-state index in [4.69, 9.17) is 17.3 Å². The second kappa shape index (κ2) is 10.2. The van der Waals surface area contributed by atoms with E-state index in [1.54, 1.807) is 35.6 Å². The molecule has 0 fully saturated rings. The molecule has 0 saturated heterocycles. The van der Waals surface area contributed by atoms with E-state index in [9.17, 15) is 19.1 Å². The van der Waals surface area contributed by atoms with Crippen LogP contribution in [0.25, 0.3) is 11.3 Å². The molecule has 0 radical (unpaired) electrons. The number of aliphatic hydroxyl groups is 1. The van der Waals surface area contributed by atoms with Gasteiger partial charge in [0.25, 0.3) is 5.91 Å². The zero-order valence-electron chi connectivity index (χ0n) is 19.2. The van der Waals surface area contributed by atoms with Crippen LogP contribution in [0.3, 0.4) is 0 Å². The number of halogens is 2. The van der Waals surface area contributed by atoms with Crippen LogP contribution in [0.4, 0.5) is 4.39 Å². The zero-order valence-corrected chi connectivity index (χ0v) is 21.9. The van der Waals surface area contributed by atoms with Crippen molar-refractivity contribution in [2.45, 2.75) is 38.5 Å². The van der Waals surface area contributed by atoms with Gasteiger partial charge in [-0.3, -0.25) is 14.3 Å². The van der Waals surface area contributed by atoms with Crippen molar-refractivity contribution in [2.24, 2.45) is 5.73 Å². The Morgan fingerprint density at radius 2 is 1.97 bits per heavy atom. The molecule has 2 heterocycles. The first-order chi connectivity index (χ1) is 15.6. The Morgan fingerprint density at radius 3 is 2.56 bits per heavy atom. The molecule has 0 aliphatic carbocycles. The maximum absolute atomic E-state index is 13.7. The average molecular weight is 493 g/mol. The van der Waals surface area contributed by atoms with Gasteiger partial charge in [0.2, 0.25) is 5.91 Å². The molecule has 172 valence electrons. The number of rotatable bonds is 5. The molecule has 7 nitrogen and oxygen atoms in total. The SMILES string of the molecule is CC(C)(O)C1CN(C(=O)Cc2cc[c-]cc2)Cc2c(C(N)=O)c(-c3ccc(F)c(Cl)c3)nn21.[Na+]. The summed E-state index contributed by atoms with van der Waals surface area (Å²) in [7, 11) is 0. The number of hydrogen-bond acceptors (Lipinski definition) is 4. The van der Waals surface area contributed by atoms with Gasteiger partial charge in [-0.25, -0.2) is 4.39 Å². The third-order valence-electron chi connectivity index (χ3n) is 5.79. The average Bonchev–Trinajstić information content (AvgIpc) is 3.14. The van der Waals surface area contributed by atoms with Crippen LogP contribution in [-0.2, 0) is 17.8 Å². The van der Waals surface area contributed by atoms with Gasteiger partial charge in [-0.05, 0) is 32.0 Å². The molecule has 3 N–H and O–H groups in total. The molecule has 4 rings (SSSR count). The molecule has 34 heavy (non-hydrogen) atoms. The molecule has 2 amide bonds. The summed E-state index contributed by atoms with van der Waals surface area (Å²) < 4.78 is 15.3. The number of aromatic nitrogens is 2. The molecule has 1 unspecified atom stereocenters. The molecule has 3 aromatic rings. The molecule has 10 heteroatoms. The Hall–Kier alpha value is -2.23. The molecular weight excluding hydrogens is 470 g/mol. The summed E-state index contributed by atoms with van der Waals surface area (Å²) >= 11 is 5.94. The summed E-state index contributed by atoms with van der Waals surface area (Å²) in [4.78, 5) is 27.2. The Morgan fingerprint density at radius 1 is 1.29 bits per heavy atom. The minimum Gasteiger partial charge on any atom is -0.388 e. The van der Waals surface area contributed by atoms with Crippen LogP contribution in [0.15, 0.2) is 42.5 Å².